The first kappa shape index (κ1) is 18.0. The third-order valence-electron chi connectivity index (χ3n) is 3.44. The van der Waals surface area contributed by atoms with E-state index >= 15 is 0 Å². The summed E-state index contributed by atoms with van der Waals surface area (Å²) in [7, 11) is 0. The second-order valence-corrected chi connectivity index (χ2v) is 5.30. The lowest BCUT2D eigenvalue weighted by Crippen LogP contribution is -2.42. The summed E-state index contributed by atoms with van der Waals surface area (Å²) in [6, 6.07) is 13.6. The van der Waals surface area contributed by atoms with E-state index in [1.165, 1.54) is 24.3 Å². The van der Waals surface area contributed by atoms with Gasteiger partial charge in [-0.1, -0.05) is 42.5 Å². The van der Waals surface area contributed by atoms with Gasteiger partial charge in [0.05, 0.1) is 5.56 Å². The van der Waals surface area contributed by atoms with Crippen LogP contribution >= 0.6 is 0 Å². The normalized spacial score (nSPS) is 11.4. The highest BCUT2D eigenvalue weighted by Gasteiger charge is 2.21. The van der Waals surface area contributed by atoms with Gasteiger partial charge in [0, 0.05) is 6.42 Å². The minimum Gasteiger partial charge on any atom is -0.480 e. The van der Waals surface area contributed by atoms with Gasteiger partial charge < -0.3 is 20.3 Å². The molecule has 0 bridgehead atoms. The summed E-state index contributed by atoms with van der Waals surface area (Å²) < 4.78 is 5.01. The average Bonchev–Trinajstić information content (AvgIpc) is 2.60. The van der Waals surface area contributed by atoms with Gasteiger partial charge in [0.25, 0.3) is 0 Å². The van der Waals surface area contributed by atoms with Crippen molar-refractivity contribution >= 4 is 18.0 Å². The topological polar surface area (TPSA) is 113 Å². The summed E-state index contributed by atoms with van der Waals surface area (Å²) in [4.78, 5) is 33.9. The second kappa shape index (κ2) is 8.49. The van der Waals surface area contributed by atoms with Crippen LogP contribution in [-0.4, -0.2) is 34.3 Å². The number of carbonyl (C=O) groups excluding carboxylic acids is 1. The molecule has 0 saturated heterocycles. The van der Waals surface area contributed by atoms with Gasteiger partial charge in [0.15, 0.2) is 0 Å². The fourth-order valence-corrected chi connectivity index (χ4v) is 2.13. The number of amides is 1. The minimum absolute atomic E-state index is 0.00959. The minimum atomic E-state index is -1.21. The maximum Gasteiger partial charge on any atom is 0.408 e. The Morgan fingerprint density at radius 2 is 1.56 bits per heavy atom. The van der Waals surface area contributed by atoms with Crippen molar-refractivity contribution in [2.24, 2.45) is 0 Å². The maximum absolute atomic E-state index is 11.8. The summed E-state index contributed by atoms with van der Waals surface area (Å²) in [6.45, 7) is 0.0340. The Hall–Kier alpha value is -3.35. The van der Waals surface area contributed by atoms with Crippen molar-refractivity contribution < 1.29 is 29.3 Å². The van der Waals surface area contributed by atoms with Crippen LogP contribution in [0, 0.1) is 0 Å². The summed E-state index contributed by atoms with van der Waals surface area (Å²) >= 11 is 0. The van der Waals surface area contributed by atoms with Crippen LogP contribution in [0.2, 0.25) is 0 Å². The lowest BCUT2D eigenvalue weighted by atomic mass is 10.0. The number of carbonyl (C=O) groups is 3. The number of benzene rings is 2. The number of aromatic carboxylic acids is 1. The van der Waals surface area contributed by atoms with E-state index in [0.29, 0.717) is 5.56 Å². The van der Waals surface area contributed by atoms with Crippen molar-refractivity contribution in [3.63, 3.8) is 0 Å². The Morgan fingerprint density at radius 3 is 2.12 bits per heavy atom. The zero-order valence-electron chi connectivity index (χ0n) is 13.2. The van der Waals surface area contributed by atoms with Crippen LogP contribution in [-0.2, 0) is 22.6 Å². The van der Waals surface area contributed by atoms with Gasteiger partial charge in [0.1, 0.15) is 12.6 Å². The van der Waals surface area contributed by atoms with E-state index in [0.717, 1.165) is 5.56 Å². The van der Waals surface area contributed by atoms with Crippen LogP contribution in [0.15, 0.2) is 54.6 Å². The van der Waals surface area contributed by atoms with E-state index in [-0.39, 0.29) is 18.6 Å². The van der Waals surface area contributed by atoms with Gasteiger partial charge in [-0.2, -0.15) is 0 Å². The number of hydrogen-bond donors (Lipinski definition) is 3. The molecule has 0 spiro atoms. The molecule has 0 radical (unpaired) electrons. The Labute approximate surface area is 143 Å². The molecule has 7 nitrogen and oxygen atoms in total. The fraction of sp³-hybridized carbons (Fsp3) is 0.167. The summed E-state index contributed by atoms with van der Waals surface area (Å²) in [6.07, 6.45) is -0.825. The molecule has 0 aliphatic rings. The number of ether oxygens (including phenoxy) is 1. The van der Waals surface area contributed by atoms with Crippen molar-refractivity contribution in [2.75, 3.05) is 0 Å². The van der Waals surface area contributed by atoms with Crippen LogP contribution in [0.1, 0.15) is 21.5 Å². The molecule has 7 heteroatoms. The number of aliphatic carboxylic acids is 1. The first-order chi connectivity index (χ1) is 12.0. The molecule has 1 amide bonds. The molecule has 0 aliphatic heterocycles. The van der Waals surface area contributed by atoms with Crippen molar-refractivity contribution in [1.82, 2.24) is 5.32 Å². The lowest BCUT2D eigenvalue weighted by molar-refractivity contribution is -0.139. The first-order valence-corrected chi connectivity index (χ1v) is 7.48. The Kier molecular flexibility index (Phi) is 6.11. The molecular formula is C18H17NO6. The third-order valence-corrected chi connectivity index (χ3v) is 3.44. The second-order valence-electron chi connectivity index (χ2n) is 5.30. The smallest absolute Gasteiger partial charge is 0.408 e. The number of hydrogen-bond acceptors (Lipinski definition) is 4. The fourth-order valence-electron chi connectivity index (χ4n) is 2.13. The maximum atomic E-state index is 11.8. The molecule has 0 fully saturated rings. The largest absolute Gasteiger partial charge is 0.480 e. The highest BCUT2D eigenvalue weighted by atomic mass is 16.5. The number of carboxylic acid groups (broad SMARTS) is 2. The molecule has 0 heterocycles. The average molecular weight is 343 g/mol. The molecule has 0 aliphatic carbocycles. The van der Waals surface area contributed by atoms with Crippen molar-refractivity contribution in [1.29, 1.82) is 0 Å². The van der Waals surface area contributed by atoms with Gasteiger partial charge in [0.2, 0.25) is 0 Å². The lowest BCUT2D eigenvalue weighted by Gasteiger charge is -2.15. The zero-order valence-corrected chi connectivity index (χ0v) is 13.2. The molecule has 2 aromatic carbocycles. The van der Waals surface area contributed by atoms with Crippen LogP contribution in [0.4, 0.5) is 4.79 Å². The van der Waals surface area contributed by atoms with E-state index in [1.807, 2.05) is 6.07 Å². The Balaban J connectivity index is 1.92. The highest BCUT2D eigenvalue weighted by molar-refractivity contribution is 5.87. The molecule has 1 atom stereocenters. The van der Waals surface area contributed by atoms with Gasteiger partial charge in [-0.25, -0.2) is 14.4 Å². The molecule has 0 aromatic heterocycles. The van der Waals surface area contributed by atoms with Crippen LogP contribution in [0.5, 0.6) is 0 Å². The monoisotopic (exact) mass is 343 g/mol. The SMILES string of the molecule is O=C(N[C@@H](Cc1ccc(C(=O)O)cc1)C(=O)O)OCc1ccccc1. The van der Waals surface area contributed by atoms with E-state index in [4.69, 9.17) is 9.84 Å². The summed E-state index contributed by atoms with van der Waals surface area (Å²) in [5.41, 5.74) is 1.47. The molecule has 2 aromatic rings. The quantitative estimate of drug-likeness (QED) is 0.711. The number of alkyl carbamates (subject to hydrolysis) is 1. The van der Waals surface area contributed by atoms with Gasteiger partial charge in [-0.05, 0) is 23.3 Å². The number of rotatable bonds is 7. The molecule has 130 valence electrons. The third kappa shape index (κ3) is 5.65. The standard InChI is InChI=1S/C18H17NO6/c20-16(21)14-8-6-12(7-9-14)10-15(17(22)23)19-18(24)25-11-13-4-2-1-3-5-13/h1-9,15H,10-11H2,(H,19,24)(H,20,21)(H,22,23)/t15-/m0/s1. The van der Waals surface area contributed by atoms with E-state index in [1.54, 1.807) is 24.3 Å². The van der Waals surface area contributed by atoms with E-state index < -0.39 is 24.1 Å². The Bertz CT molecular complexity index is 742. The number of nitrogens with one attached hydrogen (secondary N) is 1. The Morgan fingerprint density at radius 1 is 0.920 bits per heavy atom. The highest BCUT2D eigenvalue weighted by Crippen LogP contribution is 2.08. The predicted octanol–water partition coefficient (Wildman–Crippen LogP) is 2.31. The molecular weight excluding hydrogens is 326 g/mol. The van der Waals surface area contributed by atoms with Crippen LogP contribution in [0.3, 0.4) is 0 Å². The van der Waals surface area contributed by atoms with Crippen molar-refractivity contribution in [3.8, 4) is 0 Å². The van der Waals surface area contributed by atoms with Crippen LogP contribution < -0.4 is 5.32 Å². The zero-order chi connectivity index (χ0) is 18.2. The first-order valence-electron chi connectivity index (χ1n) is 7.48. The molecule has 0 saturated carbocycles. The number of carboxylic acids is 2. The summed E-state index contributed by atoms with van der Waals surface area (Å²) in [5.74, 6) is -2.28. The predicted molar refractivity (Wildman–Crippen MR) is 88.3 cm³/mol. The molecule has 25 heavy (non-hydrogen) atoms. The van der Waals surface area contributed by atoms with E-state index in [2.05, 4.69) is 5.32 Å². The molecule has 2 rings (SSSR count). The summed E-state index contributed by atoms with van der Waals surface area (Å²) in [5, 5.41) is 20.4. The van der Waals surface area contributed by atoms with Crippen molar-refractivity contribution in [2.45, 2.75) is 19.1 Å². The van der Waals surface area contributed by atoms with Gasteiger partial charge in [-0.15, -0.1) is 0 Å². The van der Waals surface area contributed by atoms with Gasteiger partial charge in [-0.3, -0.25) is 0 Å². The molecule has 0 unspecified atom stereocenters. The van der Waals surface area contributed by atoms with E-state index in [9.17, 15) is 19.5 Å². The molecule has 3 N–H and O–H groups in total. The van der Waals surface area contributed by atoms with Gasteiger partial charge >= 0.3 is 18.0 Å². The van der Waals surface area contributed by atoms with Crippen molar-refractivity contribution in [3.05, 3.63) is 71.3 Å². The van der Waals surface area contributed by atoms with Crippen LogP contribution in [0.25, 0.3) is 0 Å².